The van der Waals surface area contributed by atoms with Crippen LogP contribution in [0.1, 0.15) is 21.5 Å². The zero-order chi connectivity index (χ0) is 14.7. The van der Waals surface area contributed by atoms with Crippen LogP contribution in [0.3, 0.4) is 0 Å². The van der Waals surface area contributed by atoms with Crippen LogP contribution in [-0.2, 0) is 0 Å². The summed E-state index contributed by atoms with van der Waals surface area (Å²) in [4.78, 5) is 12.2. The Morgan fingerprint density at radius 2 is 1.65 bits per heavy atom. The van der Waals surface area contributed by atoms with Crippen molar-refractivity contribution in [2.75, 3.05) is 17.7 Å². The van der Waals surface area contributed by atoms with Crippen LogP contribution in [0.15, 0.2) is 36.4 Å². The van der Waals surface area contributed by atoms with Crippen LogP contribution in [0.2, 0.25) is 0 Å². The molecule has 2 aromatic rings. The maximum atomic E-state index is 13.7. The van der Waals surface area contributed by atoms with E-state index in [9.17, 15) is 9.18 Å². The molecule has 0 spiro atoms. The summed E-state index contributed by atoms with van der Waals surface area (Å²) in [6, 6.07) is 10.2. The molecule has 2 N–H and O–H groups in total. The zero-order valence-electron chi connectivity index (χ0n) is 11.8. The van der Waals surface area contributed by atoms with Crippen LogP contribution < -0.4 is 10.6 Å². The van der Waals surface area contributed by atoms with Gasteiger partial charge in [-0.2, -0.15) is 0 Å². The molecular formula is C16H17FN2O. The Balaban J connectivity index is 2.28. The van der Waals surface area contributed by atoms with Gasteiger partial charge in [-0.3, -0.25) is 4.79 Å². The van der Waals surface area contributed by atoms with Crippen molar-refractivity contribution in [3.05, 3.63) is 58.9 Å². The van der Waals surface area contributed by atoms with Crippen LogP contribution in [0.5, 0.6) is 0 Å². The fourth-order valence-electron chi connectivity index (χ4n) is 1.97. The topological polar surface area (TPSA) is 41.1 Å². The quantitative estimate of drug-likeness (QED) is 0.893. The number of carbonyl (C=O) groups excluding carboxylic acids is 1. The molecule has 4 heteroatoms. The van der Waals surface area contributed by atoms with Gasteiger partial charge in [-0.05, 0) is 49.2 Å². The van der Waals surface area contributed by atoms with Gasteiger partial charge in [-0.25, -0.2) is 4.39 Å². The second-order valence-corrected chi connectivity index (χ2v) is 4.74. The Hall–Kier alpha value is -2.36. The van der Waals surface area contributed by atoms with E-state index in [4.69, 9.17) is 0 Å². The Morgan fingerprint density at radius 1 is 1.00 bits per heavy atom. The molecule has 0 fully saturated rings. The smallest absolute Gasteiger partial charge is 0.257 e. The monoisotopic (exact) mass is 272 g/mol. The molecule has 1 amide bonds. The van der Waals surface area contributed by atoms with Crippen molar-refractivity contribution >= 4 is 17.3 Å². The predicted octanol–water partition coefficient (Wildman–Crippen LogP) is 3.74. The van der Waals surface area contributed by atoms with E-state index in [0.29, 0.717) is 5.56 Å². The minimum atomic E-state index is -0.434. The molecule has 2 rings (SSSR count). The summed E-state index contributed by atoms with van der Waals surface area (Å²) < 4.78 is 13.7. The third kappa shape index (κ3) is 2.96. The molecule has 0 aliphatic heterocycles. The number of carbonyl (C=O) groups is 1. The van der Waals surface area contributed by atoms with E-state index in [0.717, 1.165) is 16.8 Å². The molecule has 104 valence electrons. The van der Waals surface area contributed by atoms with Gasteiger partial charge in [0, 0.05) is 12.7 Å². The maximum Gasteiger partial charge on any atom is 0.257 e. The van der Waals surface area contributed by atoms with Gasteiger partial charge in [0.1, 0.15) is 5.82 Å². The van der Waals surface area contributed by atoms with E-state index in [1.54, 1.807) is 32.2 Å². The first-order chi connectivity index (χ1) is 9.51. The highest BCUT2D eigenvalue weighted by molar-refractivity contribution is 6.08. The molecular weight excluding hydrogens is 255 g/mol. The standard InChI is InChI=1S/C16H17FN2O/c1-10-5-7-14(13(17)8-10)19-16(20)12-6-4-11(2)9-15(12)18-3/h4-9,18H,1-3H3,(H,19,20). The number of aryl methyl sites for hydroxylation is 2. The largest absolute Gasteiger partial charge is 0.387 e. The van der Waals surface area contributed by atoms with Crippen LogP contribution in [0.25, 0.3) is 0 Å². The summed E-state index contributed by atoms with van der Waals surface area (Å²) in [5.74, 6) is -0.770. The van der Waals surface area contributed by atoms with Gasteiger partial charge in [0.05, 0.1) is 11.3 Å². The molecule has 20 heavy (non-hydrogen) atoms. The zero-order valence-corrected chi connectivity index (χ0v) is 11.8. The van der Waals surface area contributed by atoms with Crippen LogP contribution >= 0.6 is 0 Å². The first-order valence-corrected chi connectivity index (χ1v) is 6.37. The second kappa shape index (κ2) is 5.74. The van der Waals surface area contributed by atoms with Gasteiger partial charge in [0.15, 0.2) is 0 Å². The molecule has 0 unspecified atom stereocenters. The average molecular weight is 272 g/mol. The molecule has 0 bridgehead atoms. The lowest BCUT2D eigenvalue weighted by Crippen LogP contribution is -2.15. The predicted molar refractivity (Wildman–Crippen MR) is 79.8 cm³/mol. The number of halogens is 1. The number of hydrogen-bond acceptors (Lipinski definition) is 2. The molecule has 0 saturated carbocycles. The Bertz CT molecular complexity index is 653. The average Bonchev–Trinajstić information content (AvgIpc) is 2.41. The van der Waals surface area contributed by atoms with E-state index in [1.807, 2.05) is 19.1 Å². The highest BCUT2D eigenvalue weighted by atomic mass is 19.1. The minimum Gasteiger partial charge on any atom is -0.387 e. The van der Waals surface area contributed by atoms with E-state index in [-0.39, 0.29) is 11.6 Å². The summed E-state index contributed by atoms with van der Waals surface area (Å²) in [6.07, 6.45) is 0. The SMILES string of the molecule is CNc1cc(C)ccc1C(=O)Nc1ccc(C)cc1F. The highest BCUT2D eigenvalue weighted by Gasteiger charge is 2.13. The summed E-state index contributed by atoms with van der Waals surface area (Å²) in [5, 5.41) is 5.57. The lowest BCUT2D eigenvalue weighted by Gasteiger charge is -2.11. The summed E-state index contributed by atoms with van der Waals surface area (Å²) in [6.45, 7) is 3.75. The molecule has 0 saturated heterocycles. The number of amides is 1. The number of benzene rings is 2. The number of rotatable bonds is 3. The van der Waals surface area contributed by atoms with E-state index >= 15 is 0 Å². The number of hydrogen-bond donors (Lipinski definition) is 2. The van der Waals surface area contributed by atoms with Crippen molar-refractivity contribution in [1.29, 1.82) is 0 Å². The lowest BCUT2D eigenvalue weighted by molar-refractivity contribution is 0.102. The first kappa shape index (κ1) is 14.1. The molecule has 0 heterocycles. The second-order valence-electron chi connectivity index (χ2n) is 4.74. The van der Waals surface area contributed by atoms with Crippen LogP contribution in [-0.4, -0.2) is 13.0 Å². The molecule has 0 aliphatic carbocycles. The minimum absolute atomic E-state index is 0.184. The van der Waals surface area contributed by atoms with Gasteiger partial charge in [-0.15, -0.1) is 0 Å². The third-order valence-electron chi connectivity index (χ3n) is 3.06. The first-order valence-electron chi connectivity index (χ1n) is 6.37. The molecule has 0 atom stereocenters. The van der Waals surface area contributed by atoms with Gasteiger partial charge in [0.2, 0.25) is 0 Å². The fraction of sp³-hybridized carbons (Fsp3) is 0.188. The highest BCUT2D eigenvalue weighted by Crippen LogP contribution is 2.20. The van der Waals surface area contributed by atoms with E-state index in [1.165, 1.54) is 6.07 Å². The number of nitrogens with one attached hydrogen (secondary N) is 2. The maximum absolute atomic E-state index is 13.7. The molecule has 3 nitrogen and oxygen atoms in total. The van der Waals surface area contributed by atoms with Crippen molar-refractivity contribution < 1.29 is 9.18 Å². The van der Waals surface area contributed by atoms with Gasteiger partial charge >= 0.3 is 0 Å². The number of anilines is 2. The van der Waals surface area contributed by atoms with Gasteiger partial charge in [0.25, 0.3) is 5.91 Å². The molecule has 0 aliphatic rings. The Morgan fingerprint density at radius 3 is 2.30 bits per heavy atom. The lowest BCUT2D eigenvalue weighted by atomic mass is 10.1. The van der Waals surface area contributed by atoms with Crippen molar-refractivity contribution in [2.24, 2.45) is 0 Å². The summed E-state index contributed by atoms with van der Waals surface area (Å²) in [5.41, 5.74) is 3.25. The van der Waals surface area contributed by atoms with Crippen LogP contribution in [0, 0.1) is 19.7 Å². The van der Waals surface area contributed by atoms with Crippen molar-refractivity contribution in [3.63, 3.8) is 0 Å². The van der Waals surface area contributed by atoms with Crippen molar-refractivity contribution in [3.8, 4) is 0 Å². The van der Waals surface area contributed by atoms with Gasteiger partial charge < -0.3 is 10.6 Å². The van der Waals surface area contributed by atoms with E-state index in [2.05, 4.69) is 10.6 Å². The van der Waals surface area contributed by atoms with Crippen molar-refractivity contribution in [2.45, 2.75) is 13.8 Å². The summed E-state index contributed by atoms with van der Waals surface area (Å²) in [7, 11) is 1.75. The van der Waals surface area contributed by atoms with Crippen LogP contribution in [0.4, 0.5) is 15.8 Å². The Kier molecular flexibility index (Phi) is 4.03. The van der Waals surface area contributed by atoms with Gasteiger partial charge in [-0.1, -0.05) is 12.1 Å². The summed E-state index contributed by atoms with van der Waals surface area (Å²) >= 11 is 0. The molecule has 0 radical (unpaired) electrons. The molecule has 2 aromatic carbocycles. The third-order valence-corrected chi connectivity index (χ3v) is 3.06. The normalized spacial score (nSPS) is 10.2. The Labute approximate surface area is 117 Å². The fourth-order valence-corrected chi connectivity index (χ4v) is 1.97. The van der Waals surface area contributed by atoms with Crippen molar-refractivity contribution in [1.82, 2.24) is 0 Å². The van der Waals surface area contributed by atoms with E-state index < -0.39 is 5.82 Å². The molecule has 0 aromatic heterocycles.